The minimum absolute atomic E-state index is 0.339. The maximum absolute atomic E-state index is 10.5. The molecule has 0 amide bonds. The van der Waals surface area contributed by atoms with Gasteiger partial charge in [-0.25, -0.2) is 0 Å². The second kappa shape index (κ2) is 4.50. The van der Waals surface area contributed by atoms with Crippen molar-refractivity contribution in [3.8, 4) is 0 Å². The van der Waals surface area contributed by atoms with Gasteiger partial charge < -0.3 is 9.69 Å². The number of likely N-dealkylation sites (tertiary alicyclic amines) is 1. The van der Waals surface area contributed by atoms with Gasteiger partial charge in [-0.1, -0.05) is 6.92 Å². The molecule has 1 heterocycles. The smallest absolute Gasteiger partial charge is 0.123 e. The van der Waals surface area contributed by atoms with Crippen LogP contribution < -0.4 is 0 Å². The van der Waals surface area contributed by atoms with Crippen LogP contribution in [0.3, 0.4) is 0 Å². The van der Waals surface area contributed by atoms with Gasteiger partial charge in [-0.3, -0.25) is 0 Å². The molecule has 11 heavy (non-hydrogen) atoms. The molecule has 0 unspecified atom stereocenters. The molecule has 0 aromatic carbocycles. The number of hydrogen-bond acceptors (Lipinski definition) is 2. The lowest BCUT2D eigenvalue weighted by Gasteiger charge is -2.16. The van der Waals surface area contributed by atoms with Crippen molar-refractivity contribution < 1.29 is 4.79 Å². The van der Waals surface area contributed by atoms with E-state index < -0.39 is 0 Å². The lowest BCUT2D eigenvalue weighted by Crippen LogP contribution is -2.24. The summed E-state index contributed by atoms with van der Waals surface area (Å²) in [6, 6.07) is 0. The average Bonchev–Trinajstić information content (AvgIpc) is 2.28. The van der Waals surface area contributed by atoms with Crippen molar-refractivity contribution in [3.05, 3.63) is 0 Å². The Morgan fingerprint density at radius 2 is 2.27 bits per heavy atom. The number of aldehydes is 1. The fourth-order valence-corrected chi connectivity index (χ4v) is 1.63. The second-order valence-corrected chi connectivity index (χ2v) is 3.26. The molecule has 1 atom stereocenters. The maximum atomic E-state index is 10.5. The Labute approximate surface area is 68.6 Å². The van der Waals surface area contributed by atoms with Gasteiger partial charge >= 0.3 is 0 Å². The number of carbonyl (C=O) groups excluding carboxylic acids is 1. The predicted octanol–water partition coefficient (Wildman–Crippen LogP) is 1.31. The SMILES string of the molecule is CCN1CCC[C@@H](C=O)CC1. The monoisotopic (exact) mass is 155 g/mol. The quantitative estimate of drug-likeness (QED) is 0.560. The first-order valence-electron chi connectivity index (χ1n) is 4.54. The Kier molecular flexibility index (Phi) is 3.57. The van der Waals surface area contributed by atoms with Crippen LogP contribution in [0.2, 0.25) is 0 Å². The first-order valence-corrected chi connectivity index (χ1v) is 4.54. The first kappa shape index (κ1) is 8.72. The van der Waals surface area contributed by atoms with Gasteiger partial charge in [-0.05, 0) is 38.9 Å². The third kappa shape index (κ3) is 2.62. The zero-order valence-electron chi connectivity index (χ0n) is 7.25. The first-order chi connectivity index (χ1) is 5.36. The zero-order chi connectivity index (χ0) is 8.10. The van der Waals surface area contributed by atoms with Crippen molar-refractivity contribution in [1.29, 1.82) is 0 Å². The van der Waals surface area contributed by atoms with Crippen LogP contribution in [0.1, 0.15) is 26.2 Å². The molecule has 0 aromatic heterocycles. The van der Waals surface area contributed by atoms with Crippen LogP contribution in [0.4, 0.5) is 0 Å². The molecule has 2 nitrogen and oxygen atoms in total. The molecule has 0 spiro atoms. The standard InChI is InChI=1S/C9H17NO/c1-2-10-6-3-4-9(8-11)5-7-10/h8-9H,2-7H2,1H3/t9-/m1/s1. The van der Waals surface area contributed by atoms with Gasteiger partial charge in [-0.2, -0.15) is 0 Å². The number of carbonyl (C=O) groups is 1. The topological polar surface area (TPSA) is 20.3 Å². The van der Waals surface area contributed by atoms with Gasteiger partial charge in [0.1, 0.15) is 6.29 Å². The average molecular weight is 155 g/mol. The molecule has 0 radical (unpaired) electrons. The molecule has 1 aliphatic heterocycles. The van der Waals surface area contributed by atoms with Crippen LogP contribution in [0.5, 0.6) is 0 Å². The summed E-state index contributed by atoms with van der Waals surface area (Å²) in [7, 11) is 0. The Bertz CT molecular complexity index is 125. The van der Waals surface area contributed by atoms with E-state index >= 15 is 0 Å². The van der Waals surface area contributed by atoms with Crippen LogP contribution in [0.25, 0.3) is 0 Å². The highest BCUT2D eigenvalue weighted by Gasteiger charge is 2.14. The highest BCUT2D eigenvalue weighted by Crippen LogP contribution is 2.14. The van der Waals surface area contributed by atoms with Gasteiger partial charge in [0, 0.05) is 5.92 Å². The van der Waals surface area contributed by atoms with Crippen molar-refractivity contribution in [1.82, 2.24) is 4.90 Å². The third-order valence-electron chi connectivity index (χ3n) is 2.51. The fraction of sp³-hybridized carbons (Fsp3) is 0.889. The van der Waals surface area contributed by atoms with Crippen LogP contribution in [-0.2, 0) is 4.79 Å². The summed E-state index contributed by atoms with van der Waals surface area (Å²) in [5, 5.41) is 0. The van der Waals surface area contributed by atoms with E-state index in [1.54, 1.807) is 0 Å². The third-order valence-corrected chi connectivity index (χ3v) is 2.51. The van der Waals surface area contributed by atoms with E-state index in [2.05, 4.69) is 11.8 Å². The van der Waals surface area contributed by atoms with Gasteiger partial charge in [0.25, 0.3) is 0 Å². The Hall–Kier alpha value is -0.370. The van der Waals surface area contributed by atoms with E-state index in [1.807, 2.05) is 0 Å². The van der Waals surface area contributed by atoms with Gasteiger partial charge in [0.05, 0.1) is 0 Å². The summed E-state index contributed by atoms with van der Waals surface area (Å²) in [6.07, 6.45) is 4.48. The van der Waals surface area contributed by atoms with E-state index in [-0.39, 0.29) is 0 Å². The molecule has 0 saturated carbocycles. The van der Waals surface area contributed by atoms with Crippen LogP contribution in [0.15, 0.2) is 0 Å². The van der Waals surface area contributed by atoms with E-state index in [4.69, 9.17) is 0 Å². The fourth-order valence-electron chi connectivity index (χ4n) is 1.63. The van der Waals surface area contributed by atoms with Crippen molar-refractivity contribution in [2.45, 2.75) is 26.2 Å². The second-order valence-electron chi connectivity index (χ2n) is 3.26. The lowest BCUT2D eigenvalue weighted by molar-refractivity contribution is -0.111. The molecule has 64 valence electrons. The Balaban J connectivity index is 2.32. The molecule has 0 N–H and O–H groups in total. The normalized spacial score (nSPS) is 27.9. The van der Waals surface area contributed by atoms with E-state index in [0.717, 1.165) is 32.2 Å². The molecule has 1 fully saturated rings. The molecule has 1 rings (SSSR count). The molecule has 1 aliphatic rings. The lowest BCUT2D eigenvalue weighted by atomic mass is 10.0. The van der Waals surface area contributed by atoms with Crippen molar-refractivity contribution >= 4 is 6.29 Å². The Morgan fingerprint density at radius 1 is 1.45 bits per heavy atom. The highest BCUT2D eigenvalue weighted by atomic mass is 16.1. The van der Waals surface area contributed by atoms with Gasteiger partial charge in [0.2, 0.25) is 0 Å². The molecule has 0 aliphatic carbocycles. The molecular weight excluding hydrogens is 138 g/mol. The van der Waals surface area contributed by atoms with E-state index in [0.29, 0.717) is 5.92 Å². The number of nitrogens with zero attached hydrogens (tertiary/aromatic N) is 1. The van der Waals surface area contributed by atoms with Crippen LogP contribution >= 0.6 is 0 Å². The number of hydrogen-bond donors (Lipinski definition) is 0. The molecule has 1 saturated heterocycles. The summed E-state index contributed by atoms with van der Waals surface area (Å²) in [4.78, 5) is 12.9. The summed E-state index contributed by atoms with van der Waals surface area (Å²) in [5.74, 6) is 0.339. The predicted molar refractivity (Wildman–Crippen MR) is 45.5 cm³/mol. The molecule has 0 bridgehead atoms. The summed E-state index contributed by atoms with van der Waals surface area (Å²) >= 11 is 0. The summed E-state index contributed by atoms with van der Waals surface area (Å²) in [5.41, 5.74) is 0. The number of rotatable bonds is 2. The van der Waals surface area contributed by atoms with E-state index in [9.17, 15) is 4.79 Å². The summed E-state index contributed by atoms with van der Waals surface area (Å²) in [6.45, 7) is 5.60. The van der Waals surface area contributed by atoms with Gasteiger partial charge in [0.15, 0.2) is 0 Å². The van der Waals surface area contributed by atoms with Crippen molar-refractivity contribution in [3.63, 3.8) is 0 Å². The van der Waals surface area contributed by atoms with Crippen molar-refractivity contribution in [2.24, 2.45) is 5.92 Å². The van der Waals surface area contributed by atoms with Crippen molar-refractivity contribution in [2.75, 3.05) is 19.6 Å². The molecule has 2 heteroatoms. The minimum Gasteiger partial charge on any atom is -0.304 e. The Morgan fingerprint density at radius 3 is 2.91 bits per heavy atom. The van der Waals surface area contributed by atoms with Gasteiger partial charge in [-0.15, -0.1) is 0 Å². The van der Waals surface area contributed by atoms with E-state index in [1.165, 1.54) is 13.0 Å². The van der Waals surface area contributed by atoms with Crippen LogP contribution in [-0.4, -0.2) is 30.8 Å². The molecule has 0 aromatic rings. The minimum atomic E-state index is 0.339. The van der Waals surface area contributed by atoms with Crippen LogP contribution in [0, 0.1) is 5.92 Å². The summed E-state index contributed by atoms with van der Waals surface area (Å²) < 4.78 is 0. The largest absolute Gasteiger partial charge is 0.304 e. The highest BCUT2D eigenvalue weighted by molar-refractivity contribution is 5.53. The zero-order valence-corrected chi connectivity index (χ0v) is 7.25. The maximum Gasteiger partial charge on any atom is 0.123 e. The molecular formula is C9H17NO.